The molecule has 0 bridgehead atoms. The Bertz CT molecular complexity index is 973. The van der Waals surface area contributed by atoms with E-state index in [2.05, 4.69) is 121 Å². The minimum absolute atomic E-state index is 0. The maximum absolute atomic E-state index is 2.36. The zero-order valence-corrected chi connectivity index (χ0v) is 18.2. The van der Waals surface area contributed by atoms with Crippen molar-refractivity contribution in [3.05, 3.63) is 132 Å². The summed E-state index contributed by atoms with van der Waals surface area (Å²) in [7, 11) is 2.15. The van der Waals surface area contributed by atoms with Crippen LogP contribution >= 0.6 is 24.0 Å². The van der Waals surface area contributed by atoms with Crippen molar-refractivity contribution in [1.82, 2.24) is 4.90 Å². The molecule has 1 aliphatic rings. The van der Waals surface area contributed by atoms with Gasteiger partial charge in [-0.3, -0.25) is 0 Å². The summed E-state index contributed by atoms with van der Waals surface area (Å²) in [6.07, 6.45) is 9.04. The summed E-state index contributed by atoms with van der Waals surface area (Å²) < 4.78 is 0. The average molecular weight is 477 g/mol. The molecule has 0 N–H and O–H groups in total. The largest absolute Gasteiger partial charge is 0.369 e. The number of likely N-dealkylation sites (N-methyl/N-ethyl adjacent to an activating group) is 1. The van der Waals surface area contributed by atoms with Crippen molar-refractivity contribution in [1.29, 1.82) is 0 Å². The number of nitrogens with zero attached hydrogens (tertiary/aromatic N) is 1. The molecule has 0 radical (unpaired) electrons. The summed E-state index contributed by atoms with van der Waals surface area (Å²) >= 11 is 0. The molecule has 1 heterocycles. The predicted octanol–water partition coefficient (Wildman–Crippen LogP) is 6.97. The minimum Gasteiger partial charge on any atom is -0.369 e. The Balaban J connectivity index is 0.00000225. The van der Waals surface area contributed by atoms with Crippen LogP contribution in [-0.2, 0) is 0 Å². The highest BCUT2D eigenvalue weighted by Crippen LogP contribution is 2.35. The normalized spacial score (nSPS) is 16.3. The first-order chi connectivity index (χ1) is 13.3. The van der Waals surface area contributed by atoms with Crippen LogP contribution in [0.1, 0.15) is 22.7 Å². The molecule has 1 atom stereocenters. The standard InChI is InChI=1S/C26H23N.HI/c1-27-20-25(22-13-7-3-8-14-22)24(18-17-21-11-5-2-6-12-21)19-26(27)23-15-9-4-10-16-23;/h2-20,26H,1H3;1H. The van der Waals surface area contributed by atoms with Crippen LogP contribution in [0, 0.1) is 0 Å². The lowest BCUT2D eigenvalue weighted by atomic mass is 9.91. The fourth-order valence-electron chi connectivity index (χ4n) is 3.47. The molecule has 1 nitrogen and oxygen atoms in total. The highest BCUT2D eigenvalue weighted by Gasteiger charge is 2.20. The summed E-state index contributed by atoms with van der Waals surface area (Å²) in [5.41, 5.74) is 6.24. The lowest BCUT2D eigenvalue weighted by Gasteiger charge is -2.31. The second kappa shape index (κ2) is 9.56. The first-order valence-electron chi connectivity index (χ1n) is 9.31. The van der Waals surface area contributed by atoms with E-state index in [0.717, 1.165) is 0 Å². The van der Waals surface area contributed by atoms with Gasteiger partial charge in [0.1, 0.15) is 0 Å². The molecule has 0 fully saturated rings. The molecule has 0 amide bonds. The molecule has 140 valence electrons. The van der Waals surface area contributed by atoms with Gasteiger partial charge in [-0.1, -0.05) is 103 Å². The summed E-state index contributed by atoms with van der Waals surface area (Å²) in [6, 6.07) is 31.9. The SMILES string of the molecule is CN1C=C(c2ccccc2)C(C=Cc2ccccc2)=CC1c1ccccc1.I. The van der Waals surface area contributed by atoms with Crippen LogP contribution in [0.25, 0.3) is 11.6 Å². The number of hydrogen-bond donors (Lipinski definition) is 0. The van der Waals surface area contributed by atoms with Crippen LogP contribution in [0.4, 0.5) is 0 Å². The second-order valence-corrected chi connectivity index (χ2v) is 6.80. The number of rotatable bonds is 4. The Morgan fingerprint density at radius 2 is 1.29 bits per heavy atom. The summed E-state index contributed by atoms with van der Waals surface area (Å²) in [5, 5.41) is 0. The Kier molecular flexibility index (Phi) is 6.88. The average Bonchev–Trinajstić information content (AvgIpc) is 2.74. The van der Waals surface area contributed by atoms with Gasteiger partial charge in [0.15, 0.2) is 0 Å². The number of halogens is 1. The molecule has 1 unspecified atom stereocenters. The molecule has 0 saturated heterocycles. The molecule has 28 heavy (non-hydrogen) atoms. The van der Waals surface area contributed by atoms with Crippen LogP contribution in [-0.4, -0.2) is 11.9 Å². The second-order valence-electron chi connectivity index (χ2n) is 6.80. The van der Waals surface area contributed by atoms with Crippen molar-refractivity contribution >= 4 is 35.6 Å². The van der Waals surface area contributed by atoms with Crippen LogP contribution in [0.15, 0.2) is 115 Å². The van der Waals surface area contributed by atoms with E-state index in [1.807, 2.05) is 6.07 Å². The van der Waals surface area contributed by atoms with Crippen molar-refractivity contribution in [2.75, 3.05) is 7.05 Å². The fourth-order valence-corrected chi connectivity index (χ4v) is 3.47. The Labute approximate surface area is 184 Å². The van der Waals surface area contributed by atoms with Gasteiger partial charge >= 0.3 is 0 Å². The molecular formula is C26H24IN. The lowest BCUT2D eigenvalue weighted by Crippen LogP contribution is -2.21. The van der Waals surface area contributed by atoms with Crippen LogP contribution in [0.2, 0.25) is 0 Å². The smallest absolute Gasteiger partial charge is 0.0727 e. The van der Waals surface area contributed by atoms with E-state index in [1.165, 1.54) is 27.8 Å². The van der Waals surface area contributed by atoms with E-state index in [-0.39, 0.29) is 30.0 Å². The van der Waals surface area contributed by atoms with Crippen molar-refractivity contribution < 1.29 is 0 Å². The van der Waals surface area contributed by atoms with Gasteiger partial charge in [0, 0.05) is 18.8 Å². The van der Waals surface area contributed by atoms with Crippen LogP contribution in [0.3, 0.4) is 0 Å². The molecule has 0 saturated carbocycles. The highest BCUT2D eigenvalue weighted by molar-refractivity contribution is 14.0. The fraction of sp³-hybridized carbons (Fsp3) is 0.0769. The molecule has 2 heteroatoms. The maximum atomic E-state index is 2.36. The zero-order valence-electron chi connectivity index (χ0n) is 15.9. The van der Waals surface area contributed by atoms with Gasteiger partial charge in [-0.15, -0.1) is 24.0 Å². The van der Waals surface area contributed by atoms with E-state index < -0.39 is 0 Å². The van der Waals surface area contributed by atoms with E-state index in [0.29, 0.717) is 0 Å². The number of benzene rings is 3. The molecular weight excluding hydrogens is 453 g/mol. The summed E-state index contributed by atoms with van der Waals surface area (Å²) in [5.74, 6) is 0. The third-order valence-electron chi connectivity index (χ3n) is 4.90. The molecule has 3 aromatic carbocycles. The van der Waals surface area contributed by atoms with E-state index in [4.69, 9.17) is 0 Å². The van der Waals surface area contributed by atoms with Crippen molar-refractivity contribution in [3.63, 3.8) is 0 Å². The lowest BCUT2D eigenvalue weighted by molar-refractivity contribution is 0.390. The molecule has 0 aromatic heterocycles. The molecule has 1 aliphatic heterocycles. The topological polar surface area (TPSA) is 3.24 Å². The first kappa shape index (κ1) is 20.2. The van der Waals surface area contributed by atoms with Gasteiger partial charge in [0.05, 0.1) is 6.04 Å². The van der Waals surface area contributed by atoms with E-state index in [9.17, 15) is 0 Å². The zero-order chi connectivity index (χ0) is 18.5. The van der Waals surface area contributed by atoms with Crippen LogP contribution < -0.4 is 0 Å². The van der Waals surface area contributed by atoms with Gasteiger partial charge in [-0.05, 0) is 28.3 Å². The third-order valence-corrected chi connectivity index (χ3v) is 4.90. The third kappa shape index (κ3) is 4.63. The quantitative estimate of drug-likeness (QED) is 0.367. The van der Waals surface area contributed by atoms with E-state index in [1.54, 1.807) is 0 Å². The van der Waals surface area contributed by atoms with Gasteiger partial charge in [-0.25, -0.2) is 0 Å². The number of hydrogen-bond acceptors (Lipinski definition) is 1. The van der Waals surface area contributed by atoms with Gasteiger partial charge in [-0.2, -0.15) is 0 Å². The molecule has 4 rings (SSSR count). The van der Waals surface area contributed by atoms with Crippen LogP contribution in [0.5, 0.6) is 0 Å². The first-order valence-corrected chi connectivity index (χ1v) is 9.31. The molecule has 3 aromatic rings. The Morgan fingerprint density at radius 3 is 1.93 bits per heavy atom. The van der Waals surface area contributed by atoms with Gasteiger partial charge < -0.3 is 4.90 Å². The predicted molar refractivity (Wildman–Crippen MR) is 130 cm³/mol. The van der Waals surface area contributed by atoms with Crippen molar-refractivity contribution in [3.8, 4) is 0 Å². The minimum atomic E-state index is 0. The van der Waals surface area contributed by atoms with Gasteiger partial charge in [0.2, 0.25) is 0 Å². The molecule has 0 aliphatic carbocycles. The Hall–Kier alpha value is -2.59. The maximum Gasteiger partial charge on any atom is 0.0727 e. The van der Waals surface area contributed by atoms with Crippen molar-refractivity contribution in [2.24, 2.45) is 0 Å². The van der Waals surface area contributed by atoms with Crippen molar-refractivity contribution in [2.45, 2.75) is 6.04 Å². The van der Waals surface area contributed by atoms with Gasteiger partial charge in [0.25, 0.3) is 0 Å². The number of allylic oxidation sites excluding steroid dienone is 3. The highest BCUT2D eigenvalue weighted by atomic mass is 127. The monoisotopic (exact) mass is 477 g/mol. The summed E-state index contributed by atoms with van der Waals surface area (Å²) in [4.78, 5) is 2.29. The summed E-state index contributed by atoms with van der Waals surface area (Å²) in [6.45, 7) is 0. The van der Waals surface area contributed by atoms with E-state index >= 15 is 0 Å². The Morgan fingerprint density at radius 1 is 0.714 bits per heavy atom. The molecule has 0 spiro atoms.